The second-order valence-electron chi connectivity index (χ2n) is 5.93. The fourth-order valence-electron chi connectivity index (χ4n) is 2.73. The topological polar surface area (TPSA) is 75.6 Å². The van der Waals surface area contributed by atoms with Crippen LogP contribution >= 0.6 is 0 Å². The van der Waals surface area contributed by atoms with Crippen molar-refractivity contribution >= 4 is 11.9 Å². The maximum atomic E-state index is 12.2. The van der Waals surface area contributed by atoms with E-state index in [0.29, 0.717) is 25.9 Å². The summed E-state index contributed by atoms with van der Waals surface area (Å²) in [6.07, 6.45) is 3.27. The molecule has 5 heteroatoms. The summed E-state index contributed by atoms with van der Waals surface area (Å²) < 4.78 is 5.57. The molecule has 1 amide bonds. The van der Waals surface area contributed by atoms with Crippen LogP contribution in [0.5, 0.6) is 5.75 Å². The maximum absolute atomic E-state index is 12.2. The molecule has 1 aliphatic carbocycles. The Hall–Kier alpha value is -2.04. The van der Waals surface area contributed by atoms with Gasteiger partial charge in [-0.1, -0.05) is 38.0 Å². The average molecular weight is 305 g/mol. The third-order valence-electron chi connectivity index (χ3n) is 4.24. The van der Waals surface area contributed by atoms with Gasteiger partial charge >= 0.3 is 5.97 Å². The van der Waals surface area contributed by atoms with Crippen molar-refractivity contribution in [2.75, 3.05) is 6.61 Å². The number of amides is 1. The zero-order chi connectivity index (χ0) is 16.0. The van der Waals surface area contributed by atoms with Gasteiger partial charge in [-0.15, -0.1) is 0 Å². The maximum Gasteiger partial charge on any atom is 0.329 e. The van der Waals surface area contributed by atoms with Crippen LogP contribution in [0.4, 0.5) is 0 Å². The highest BCUT2D eigenvalue weighted by atomic mass is 16.5. The highest BCUT2D eigenvalue weighted by Crippen LogP contribution is 2.30. The molecule has 1 aromatic carbocycles. The molecule has 0 spiro atoms. The van der Waals surface area contributed by atoms with Gasteiger partial charge in [0.2, 0.25) is 5.91 Å². The van der Waals surface area contributed by atoms with Gasteiger partial charge < -0.3 is 15.2 Å². The number of aliphatic carboxylic acids is 1. The first-order valence-corrected chi connectivity index (χ1v) is 7.77. The number of carboxylic acids is 1. The van der Waals surface area contributed by atoms with Crippen molar-refractivity contribution in [3.05, 3.63) is 30.3 Å². The van der Waals surface area contributed by atoms with Gasteiger partial charge in [0.15, 0.2) is 0 Å². The van der Waals surface area contributed by atoms with Crippen LogP contribution in [0, 0.1) is 5.92 Å². The number of benzene rings is 1. The Labute approximate surface area is 130 Å². The van der Waals surface area contributed by atoms with Gasteiger partial charge in [0.1, 0.15) is 11.3 Å². The number of carbonyl (C=O) groups is 2. The third-order valence-corrected chi connectivity index (χ3v) is 4.24. The van der Waals surface area contributed by atoms with Crippen molar-refractivity contribution in [3.8, 4) is 5.75 Å². The van der Waals surface area contributed by atoms with Crippen LogP contribution in [-0.2, 0) is 9.59 Å². The Kier molecular flexibility index (Phi) is 5.41. The van der Waals surface area contributed by atoms with Crippen molar-refractivity contribution < 1.29 is 19.4 Å². The van der Waals surface area contributed by atoms with Crippen LogP contribution in [0.1, 0.15) is 39.0 Å². The molecule has 2 rings (SSSR count). The van der Waals surface area contributed by atoms with E-state index in [1.807, 2.05) is 30.3 Å². The Morgan fingerprint density at radius 2 is 1.91 bits per heavy atom. The average Bonchev–Trinajstić information content (AvgIpc) is 2.98. The van der Waals surface area contributed by atoms with Crippen molar-refractivity contribution in [2.45, 2.75) is 44.6 Å². The molecular weight excluding hydrogens is 282 g/mol. The number of hydrogen-bond acceptors (Lipinski definition) is 3. The molecular formula is C17H23NO4. The summed E-state index contributed by atoms with van der Waals surface area (Å²) in [5.41, 5.74) is -1.06. The lowest BCUT2D eigenvalue weighted by molar-refractivity contribution is -0.148. The van der Waals surface area contributed by atoms with E-state index in [9.17, 15) is 14.7 Å². The number of carbonyl (C=O) groups excluding carboxylic acids is 1. The molecule has 0 aromatic heterocycles. The number of hydrogen-bond donors (Lipinski definition) is 2. The summed E-state index contributed by atoms with van der Waals surface area (Å²) in [6.45, 7) is 2.23. The summed E-state index contributed by atoms with van der Waals surface area (Å²) in [7, 11) is 0. The summed E-state index contributed by atoms with van der Waals surface area (Å²) in [6, 6.07) is 9.42. The van der Waals surface area contributed by atoms with Crippen LogP contribution in [0.3, 0.4) is 0 Å². The lowest BCUT2D eigenvalue weighted by Gasteiger charge is -2.27. The van der Waals surface area contributed by atoms with E-state index in [2.05, 4.69) is 5.32 Å². The van der Waals surface area contributed by atoms with E-state index < -0.39 is 11.5 Å². The minimum atomic E-state index is -1.06. The minimum absolute atomic E-state index is 0.207. The second kappa shape index (κ2) is 7.29. The number of nitrogens with one attached hydrogen (secondary N) is 1. The van der Waals surface area contributed by atoms with Crippen molar-refractivity contribution in [2.24, 2.45) is 5.92 Å². The Morgan fingerprint density at radius 1 is 1.27 bits per heavy atom. The van der Waals surface area contributed by atoms with Crippen molar-refractivity contribution in [3.63, 3.8) is 0 Å². The van der Waals surface area contributed by atoms with Crippen molar-refractivity contribution in [1.82, 2.24) is 5.32 Å². The fourth-order valence-corrected chi connectivity index (χ4v) is 2.73. The van der Waals surface area contributed by atoms with E-state index in [0.717, 1.165) is 18.6 Å². The molecule has 0 bridgehead atoms. The molecule has 1 unspecified atom stereocenters. The highest BCUT2D eigenvalue weighted by molar-refractivity contribution is 5.88. The quantitative estimate of drug-likeness (QED) is 0.812. The smallest absolute Gasteiger partial charge is 0.329 e. The number of ether oxygens (including phenoxy) is 1. The SMILES string of the molecule is CC(CCOc1ccccc1)C(=O)NC1(C(=O)O)CCCC1. The van der Waals surface area contributed by atoms with Gasteiger partial charge in [0.05, 0.1) is 6.61 Å². The zero-order valence-corrected chi connectivity index (χ0v) is 12.9. The highest BCUT2D eigenvalue weighted by Gasteiger charge is 2.43. The molecule has 0 heterocycles. The number of carboxylic acid groups (broad SMARTS) is 1. The minimum Gasteiger partial charge on any atom is -0.494 e. The molecule has 0 saturated heterocycles. The Morgan fingerprint density at radius 3 is 2.50 bits per heavy atom. The van der Waals surface area contributed by atoms with E-state index in [1.165, 1.54) is 0 Å². The predicted octanol–water partition coefficient (Wildman–Crippen LogP) is 2.61. The molecule has 1 aliphatic rings. The summed E-state index contributed by atoms with van der Waals surface area (Å²) >= 11 is 0. The van der Waals surface area contributed by atoms with E-state index in [-0.39, 0.29) is 11.8 Å². The van der Waals surface area contributed by atoms with Crippen molar-refractivity contribution in [1.29, 1.82) is 0 Å². The number of para-hydroxylation sites is 1. The van der Waals surface area contributed by atoms with Crippen LogP contribution < -0.4 is 10.1 Å². The van der Waals surface area contributed by atoms with Gasteiger partial charge in [-0.2, -0.15) is 0 Å². The summed E-state index contributed by atoms with van der Waals surface area (Å²) in [4.78, 5) is 23.7. The molecule has 1 aromatic rings. The molecule has 22 heavy (non-hydrogen) atoms. The van der Waals surface area contributed by atoms with E-state index >= 15 is 0 Å². The van der Waals surface area contributed by atoms with Crippen LogP contribution in [0.25, 0.3) is 0 Å². The second-order valence-corrected chi connectivity index (χ2v) is 5.93. The first-order chi connectivity index (χ1) is 10.5. The molecule has 1 saturated carbocycles. The lowest BCUT2D eigenvalue weighted by Crippen LogP contribution is -2.54. The van der Waals surface area contributed by atoms with Crippen LogP contribution in [-0.4, -0.2) is 29.1 Å². The standard InChI is InChI=1S/C17H23NO4/c1-13(9-12-22-14-7-3-2-4-8-14)15(19)18-17(16(20)21)10-5-6-11-17/h2-4,7-8,13H,5-6,9-12H2,1H3,(H,18,19)(H,20,21). The lowest BCUT2D eigenvalue weighted by atomic mass is 9.96. The van der Waals surface area contributed by atoms with Gasteiger partial charge in [0, 0.05) is 5.92 Å². The third kappa shape index (κ3) is 4.00. The van der Waals surface area contributed by atoms with Gasteiger partial charge in [0.25, 0.3) is 0 Å². The Balaban J connectivity index is 1.80. The summed E-state index contributed by atoms with van der Waals surface area (Å²) in [5, 5.41) is 12.1. The largest absolute Gasteiger partial charge is 0.494 e. The molecule has 1 atom stereocenters. The summed E-state index contributed by atoms with van der Waals surface area (Å²) in [5.74, 6) is -0.638. The molecule has 0 radical (unpaired) electrons. The molecule has 0 aliphatic heterocycles. The molecule has 120 valence electrons. The van der Waals surface area contributed by atoms with E-state index in [1.54, 1.807) is 6.92 Å². The van der Waals surface area contributed by atoms with Gasteiger partial charge in [-0.3, -0.25) is 4.79 Å². The van der Waals surface area contributed by atoms with Crippen LogP contribution in [0.15, 0.2) is 30.3 Å². The van der Waals surface area contributed by atoms with E-state index in [4.69, 9.17) is 4.74 Å². The van der Waals surface area contributed by atoms with Crippen LogP contribution in [0.2, 0.25) is 0 Å². The number of rotatable bonds is 7. The zero-order valence-electron chi connectivity index (χ0n) is 12.9. The van der Waals surface area contributed by atoms with Gasteiger partial charge in [-0.05, 0) is 31.4 Å². The monoisotopic (exact) mass is 305 g/mol. The van der Waals surface area contributed by atoms with Gasteiger partial charge in [-0.25, -0.2) is 4.79 Å². The molecule has 2 N–H and O–H groups in total. The fraction of sp³-hybridized carbons (Fsp3) is 0.529. The Bertz CT molecular complexity index is 509. The first-order valence-electron chi connectivity index (χ1n) is 7.77. The molecule has 1 fully saturated rings. The normalized spacial score (nSPS) is 17.7. The predicted molar refractivity (Wildman–Crippen MR) is 82.7 cm³/mol. The first kappa shape index (κ1) is 16.3. The molecule has 5 nitrogen and oxygen atoms in total.